The van der Waals surface area contributed by atoms with E-state index < -0.39 is 5.97 Å². The maximum atomic E-state index is 11.5. The highest BCUT2D eigenvalue weighted by Crippen LogP contribution is 2.26. The Labute approximate surface area is 108 Å². The predicted octanol–water partition coefficient (Wildman–Crippen LogP) is 0.984. The van der Waals surface area contributed by atoms with Crippen LogP contribution in [0.2, 0.25) is 0 Å². The second-order valence-electron chi connectivity index (χ2n) is 5.38. The van der Waals surface area contributed by atoms with Gasteiger partial charge in [-0.15, -0.1) is 0 Å². The van der Waals surface area contributed by atoms with E-state index in [-0.39, 0.29) is 24.8 Å². The van der Waals surface area contributed by atoms with Gasteiger partial charge in [0.1, 0.15) is 0 Å². The van der Waals surface area contributed by atoms with Gasteiger partial charge >= 0.3 is 5.97 Å². The molecule has 1 saturated heterocycles. The maximum absolute atomic E-state index is 11.5. The molecule has 5 heteroatoms. The molecule has 1 aliphatic carbocycles. The number of nitrogens with one attached hydrogen (secondary N) is 1. The predicted molar refractivity (Wildman–Crippen MR) is 67.2 cm³/mol. The minimum absolute atomic E-state index is 0.0785. The number of nitrogens with zero attached hydrogens (tertiary/aromatic N) is 1. The van der Waals surface area contributed by atoms with Crippen molar-refractivity contribution in [2.75, 3.05) is 13.1 Å². The zero-order chi connectivity index (χ0) is 13.0. The molecule has 1 amide bonds. The highest BCUT2D eigenvalue weighted by atomic mass is 16.4. The molecule has 1 heterocycles. The maximum Gasteiger partial charge on any atom is 0.303 e. The highest BCUT2D eigenvalue weighted by Gasteiger charge is 2.30. The Balaban J connectivity index is 1.68. The van der Waals surface area contributed by atoms with E-state index in [0.29, 0.717) is 6.04 Å². The average Bonchev–Trinajstić information content (AvgIpc) is 2.95. The Hall–Kier alpha value is -1.10. The van der Waals surface area contributed by atoms with E-state index in [1.54, 1.807) is 0 Å². The van der Waals surface area contributed by atoms with Gasteiger partial charge in [-0.2, -0.15) is 0 Å². The molecule has 2 aliphatic rings. The molecule has 2 N–H and O–H groups in total. The van der Waals surface area contributed by atoms with Crippen LogP contribution in [0.3, 0.4) is 0 Å². The summed E-state index contributed by atoms with van der Waals surface area (Å²) in [6.07, 6.45) is 6.25. The van der Waals surface area contributed by atoms with Crippen molar-refractivity contribution in [3.8, 4) is 0 Å². The number of carboxylic acid groups (broad SMARTS) is 1. The summed E-state index contributed by atoms with van der Waals surface area (Å²) in [6, 6.07) is 0.929. The molecule has 1 aliphatic heterocycles. The zero-order valence-electron chi connectivity index (χ0n) is 10.7. The molecule has 1 atom stereocenters. The van der Waals surface area contributed by atoms with E-state index in [2.05, 4.69) is 10.2 Å². The number of hydrogen-bond donors (Lipinski definition) is 2. The molecule has 1 unspecified atom stereocenters. The van der Waals surface area contributed by atoms with Crippen LogP contribution in [0.5, 0.6) is 0 Å². The molecule has 102 valence electrons. The molecular formula is C13H22N2O3. The molecule has 2 fully saturated rings. The van der Waals surface area contributed by atoms with E-state index in [9.17, 15) is 9.59 Å². The third-order valence-electron chi connectivity index (χ3n) is 3.99. The van der Waals surface area contributed by atoms with Crippen LogP contribution in [0.4, 0.5) is 0 Å². The van der Waals surface area contributed by atoms with Gasteiger partial charge in [-0.25, -0.2) is 0 Å². The first kappa shape index (κ1) is 13.3. The number of carbonyl (C=O) groups is 2. The first-order valence-corrected chi connectivity index (χ1v) is 6.90. The van der Waals surface area contributed by atoms with Crippen LogP contribution >= 0.6 is 0 Å². The Morgan fingerprint density at radius 1 is 1.17 bits per heavy atom. The second-order valence-corrected chi connectivity index (χ2v) is 5.38. The lowest BCUT2D eigenvalue weighted by molar-refractivity contribution is -0.138. The smallest absolute Gasteiger partial charge is 0.303 e. The zero-order valence-corrected chi connectivity index (χ0v) is 10.7. The summed E-state index contributed by atoms with van der Waals surface area (Å²) < 4.78 is 0. The molecule has 0 radical (unpaired) electrons. The molecule has 2 rings (SSSR count). The van der Waals surface area contributed by atoms with Crippen molar-refractivity contribution >= 4 is 11.9 Å². The fourth-order valence-electron chi connectivity index (χ4n) is 3.03. The molecular weight excluding hydrogens is 232 g/mol. The van der Waals surface area contributed by atoms with Crippen LogP contribution in [-0.2, 0) is 9.59 Å². The highest BCUT2D eigenvalue weighted by molar-refractivity contribution is 5.80. The second kappa shape index (κ2) is 6.18. The third-order valence-corrected chi connectivity index (χ3v) is 3.99. The monoisotopic (exact) mass is 254 g/mol. The van der Waals surface area contributed by atoms with Crippen LogP contribution < -0.4 is 5.32 Å². The first-order valence-electron chi connectivity index (χ1n) is 6.90. The number of carbonyl (C=O) groups excluding carboxylic acids is 1. The van der Waals surface area contributed by atoms with Gasteiger partial charge in [0.15, 0.2) is 0 Å². The van der Waals surface area contributed by atoms with Crippen molar-refractivity contribution in [2.45, 2.75) is 57.0 Å². The molecule has 18 heavy (non-hydrogen) atoms. The summed E-state index contributed by atoms with van der Waals surface area (Å²) in [7, 11) is 0. The lowest BCUT2D eigenvalue weighted by atomic mass is 10.2. The molecule has 0 spiro atoms. The number of hydrogen-bond acceptors (Lipinski definition) is 3. The van der Waals surface area contributed by atoms with Gasteiger partial charge in [-0.05, 0) is 19.3 Å². The van der Waals surface area contributed by atoms with Gasteiger partial charge in [-0.1, -0.05) is 12.8 Å². The number of amides is 1. The lowest BCUT2D eigenvalue weighted by Gasteiger charge is -2.23. The van der Waals surface area contributed by atoms with Crippen molar-refractivity contribution in [1.29, 1.82) is 0 Å². The van der Waals surface area contributed by atoms with E-state index in [1.165, 1.54) is 25.7 Å². The first-order chi connectivity index (χ1) is 8.65. The molecule has 5 nitrogen and oxygen atoms in total. The van der Waals surface area contributed by atoms with E-state index >= 15 is 0 Å². The summed E-state index contributed by atoms with van der Waals surface area (Å²) in [6.45, 7) is 2.00. The average molecular weight is 254 g/mol. The number of carboxylic acids is 1. The summed E-state index contributed by atoms with van der Waals surface area (Å²) >= 11 is 0. The fourth-order valence-corrected chi connectivity index (χ4v) is 3.03. The van der Waals surface area contributed by atoms with E-state index in [0.717, 1.165) is 19.5 Å². The topological polar surface area (TPSA) is 69.6 Å². The minimum Gasteiger partial charge on any atom is -0.481 e. The van der Waals surface area contributed by atoms with Crippen LogP contribution in [0.1, 0.15) is 44.9 Å². The van der Waals surface area contributed by atoms with E-state index in [4.69, 9.17) is 5.11 Å². The van der Waals surface area contributed by atoms with Crippen LogP contribution in [0.15, 0.2) is 0 Å². The van der Waals surface area contributed by atoms with Crippen molar-refractivity contribution in [2.24, 2.45) is 0 Å². The molecule has 0 aromatic rings. The Kier molecular flexibility index (Phi) is 4.58. The summed E-state index contributed by atoms with van der Waals surface area (Å²) in [5.74, 6) is -1.04. The van der Waals surface area contributed by atoms with Gasteiger partial charge in [-0.3, -0.25) is 14.5 Å². The quantitative estimate of drug-likeness (QED) is 0.767. The Morgan fingerprint density at radius 3 is 2.56 bits per heavy atom. The van der Waals surface area contributed by atoms with Crippen LogP contribution in [0, 0.1) is 0 Å². The summed E-state index contributed by atoms with van der Waals surface area (Å²) in [5, 5.41) is 11.5. The number of likely N-dealkylation sites (tertiary alicyclic amines) is 1. The van der Waals surface area contributed by atoms with Crippen molar-refractivity contribution in [3.63, 3.8) is 0 Å². The van der Waals surface area contributed by atoms with Crippen LogP contribution in [0.25, 0.3) is 0 Å². The number of aliphatic carboxylic acids is 1. The van der Waals surface area contributed by atoms with Gasteiger partial charge in [0, 0.05) is 31.6 Å². The van der Waals surface area contributed by atoms with Crippen LogP contribution in [-0.4, -0.2) is 47.1 Å². The minimum atomic E-state index is -0.913. The molecule has 1 saturated carbocycles. The fraction of sp³-hybridized carbons (Fsp3) is 0.846. The van der Waals surface area contributed by atoms with Gasteiger partial charge in [0.2, 0.25) is 5.91 Å². The van der Waals surface area contributed by atoms with Crippen molar-refractivity contribution in [3.05, 3.63) is 0 Å². The van der Waals surface area contributed by atoms with Gasteiger partial charge < -0.3 is 10.4 Å². The van der Waals surface area contributed by atoms with Crippen molar-refractivity contribution < 1.29 is 14.7 Å². The largest absolute Gasteiger partial charge is 0.481 e. The summed E-state index contributed by atoms with van der Waals surface area (Å²) in [5.41, 5.74) is 0. The lowest BCUT2D eigenvalue weighted by Crippen LogP contribution is -2.39. The summed E-state index contributed by atoms with van der Waals surface area (Å²) in [4.78, 5) is 24.4. The molecule has 0 aromatic carbocycles. The van der Waals surface area contributed by atoms with Gasteiger partial charge in [0.05, 0.1) is 6.42 Å². The molecule has 0 aromatic heterocycles. The van der Waals surface area contributed by atoms with Crippen molar-refractivity contribution in [1.82, 2.24) is 10.2 Å². The SMILES string of the molecule is O=C(O)CCC(=O)NC1CCN(C2CCCC2)C1. The Bertz CT molecular complexity index is 313. The molecule has 0 bridgehead atoms. The number of rotatable bonds is 5. The third kappa shape index (κ3) is 3.70. The van der Waals surface area contributed by atoms with Gasteiger partial charge in [0.25, 0.3) is 0 Å². The van der Waals surface area contributed by atoms with E-state index in [1.807, 2.05) is 0 Å². The normalized spacial score (nSPS) is 25.4. The standard InChI is InChI=1S/C13H22N2O3/c16-12(5-6-13(17)18)14-10-7-8-15(9-10)11-3-1-2-4-11/h10-11H,1-9H2,(H,14,16)(H,17,18). The Morgan fingerprint density at radius 2 is 1.89 bits per heavy atom.